The molecule has 0 aliphatic carbocycles. The summed E-state index contributed by atoms with van der Waals surface area (Å²) in [5.41, 5.74) is 2.91. The molecule has 30 heavy (non-hydrogen) atoms. The molecule has 1 fully saturated rings. The van der Waals surface area contributed by atoms with E-state index in [0.717, 1.165) is 36.1 Å². The number of carbonyl (C=O) groups is 1. The minimum absolute atomic E-state index is 0.0436. The molecule has 0 bridgehead atoms. The fourth-order valence-corrected chi connectivity index (χ4v) is 4.22. The lowest BCUT2D eigenvalue weighted by atomic mass is 10.1. The van der Waals surface area contributed by atoms with Crippen LogP contribution in [0.25, 0.3) is 0 Å². The van der Waals surface area contributed by atoms with Crippen molar-refractivity contribution in [2.24, 2.45) is 10.2 Å². The Labute approximate surface area is 181 Å². The predicted octanol–water partition coefficient (Wildman–Crippen LogP) is 4.92. The van der Waals surface area contributed by atoms with Gasteiger partial charge in [0, 0.05) is 19.8 Å². The van der Waals surface area contributed by atoms with E-state index in [2.05, 4.69) is 17.1 Å². The van der Waals surface area contributed by atoms with E-state index in [9.17, 15) is 9.18 Å². The van der Waals surface area contributed by atoms with Crippen LogP contribution in [0.3, 0.4) is 0 Å². The van der Waals surface area contributed by atoms with Crippen molar-refractivity contribution in [1.29, 1.82) is 0 Å². The van der Waals surface area contributed by atoms with Gasteiger partial charge in [-0.3, -0.25) is 9.69 Å². The van der Waals surface area contributed by atoms with Crippen LogP contribution in [-0.2, 0) is 11.3 Å². The number of carbonyl (C=O) groups excluding carboxylic acids is 1. The molecule has 0 N–H and O–H groups in total. The standard InChI is InChI=1S/C23H27FN4OS/c1-4-5-6-21-22(29)28(16-18-7-11-19(24)12-8-18)23(30-21)26-25-15-17-9-13-20(14-10-17)27(2)3/h7-15,21H,4-6,16H2,1-3H3/b25-15-,26-23+/t21-/m0/s1. The maximum Gasteiger partial charge on any atom is 0.242 e. The first-order valence-electron chi connectivity index (χ1n) is 10.1. The quantitative estimate of drug-likeness (QED) is 0.445. The molecule has 1 aliphatic rings. The minimum Gasteiger partial charge on any atom is -0.378 e. The summed E-state index contributed by atoms with van der Waals surface area (Å²) in [7, 11) is 3.99. The summed E-state index contributed by atoms with van der Waals surface area (Å²) >= 11 is 1.46. The smallest absolute Gasteiger partial charge is 0.242 e. The highest BCUT2D eigenvalue weighted by molar-refractivity contribution is 8.15. The van der Waals surface area contributed by atoms with Crippen LogP contribution in [-0.4, -0.2) is 41.5 Å². The van der Waals surface area contributed by atoms with E-state index in [1.54, 1.807) is 23.2 Å². The summed E-state index contributed by atoms with van der Waals surface area (Å²) in [6.07, 6.45) is 4.53. The lowest BCUT2D eigenvalue weighted by Gasteiger charge is -2.16. The van der Waals surface area contributed by atoms with Gasteiger partial charge in [-0.05, 0) is 41.8 Å². The van der Waals surface area contributed by atoms with Crippen LogP contribution in [0, 0.1) is 5.82 Å². The molecule has 5 nitrogen and oxygen atoms in total. The van der Waals surface area contributed by atoms with Gasteiger partial charge in [-0.1, -0.05) is 55.8 Å². The third kappa shape index (κ3) is 5.69. The molecule has 0 saturated carbocycles. The number of thioether (sulfide) groups is 1. The van der Waals surface area contributed by atoms with Crippen LogP contribution in [0.4, 0.5) is 10.1 Å². The Balaban J connectivity index is 1.77. The van der Waals surface area contributed by atoms with Crippen LogP contribution in [0.5, 0.6) is 0 Å². The Kier molecular flexibility index (Phi) is 7.63. The highest BCUT2D eigenvalue weighted by Crippen LogP contribution is 2.32. The van der Waals surface area contributed by atoms with Crippen LogP contribution in [0.2, 0.25) is 0 Å². The third-order valence-electron chi connectivity index (χ3n) is 4.85. The molecular weight excluding hydrogens is 399 g/mol. The highest BCUT2D eigenvalue weighted by atomic mass is 32.2. The first-order chi connectivity index (χ1) is 14.5. The van der Waals surface area contributed by atoms with E-state index in [4.69, 9.17) is 0 Å². The van der Waals surface area contributed by atoms with Gasteiger partial charge in [-0.15, -0.1) is 5.10 Å². The molecule has 7 heteroatoms. The molecule has 2 aromatic carbocycles. The van der Waals surface area contributed by atoms with Gasteiger partial charge < -0.3 is 4.90 Å². The number of nitrogens with zero attached hydrogens (tertiary/aromatic N) is 4. The molecule has 0 radical (unpaired) electrons. The zero-order valence-electron chi connectivity index (χ0n) is 17.6. The van der Waals surface area contributed by atoms with Crippen molar-refractivity contribution >= 4 is 34.7 Å². The lowest BCUT2D eigenvalue weighted by molar-refractivity contribution is -0.126. The molecule has 0 spiro atoms. The second-order valence-electron chi connectivity index (χ2n) is 7.41. The van der Waals surface area contributed by atoms with Crippen molar-refractivity contribution in [3.63, 3.8) is 0 Å². The topological polar surface area (TPSA) is 48.3 Å². The Morgan fingerprint density at radius 2 is 1.83 bits per heavy atom. The van der Waals surface area contributed by atoms with Crippen LogP contribution in [0.1, 0.15) is 37.3 Å². The van der Waals surface area contributed by atoms with Gasteiger partial charge >= 0.3 is 0 Å². The number of benzene rings is 2. The van der Waals surface area contributed by atoms with Gasteiger partial charge in [0.25, 0.3) is 0 Å². The number of amides is 1. The number of unbranched alkanes of at least 4 members (excludes halogenated alkanes) is 1. The zero-order valence-corrected chi connectivity index (χ0v) is 18.4. The summed E-state index contributed by atoms with van der Waals surface area (Å²) in [5.74, 6) is -0.248. The van der Waals surface area contributed by atoms with Crippen molar-refractivity contribution in [2.45, 2.75) is 38.0 Å². The normalized spacial score (nSPS) is 18.0. The van der Waals surface area contributed by atoms with E-state index < -0.39 is 0 Å². The lowest BCUT2D eigenvalue weighted by Crippen LogP contribution is -2.31. The van der Waals surface area contributed by atoms with Gasteiger partial charge in [0.1, 0.15) is 5.82 Å². The van der Waals surface area contributed by atoms with Crippen LogP contribution >= 0.6 is 11.8 Å². The molecule has 1 saturated heterocycles. The van der Waals surface area contributed by atoms with Gasteiger partial charge in [-0.25, -0.2) is 4.39 Å². The summed E-state index contributed by atoms with van der Waals surface area (Å²) < 4.78 is 13.2. The van der Waals surface area contributed by atoms with Gasteiger partial charge in [-0.2, -0.15) is 5.10 Å². The molecule has 3 rings (SSSR count). The Morgan fingerprint density at radius 1 is 1.13 bits per heavy atom. The van der Waals surface area contributed by atoms with Crippen LogP contribution in [0.15, 0.2) is 58.7 Å². The van der Waals surface area contributed by atoms with E-state index in [1.165, 1.54) is 23.9 Å². The van der Waals surface area contributed by atoms with Crippen molar-refractivity contribution in [3.8, 4) is 0 Å². The first kappa shape index (κ1) is 22.0. The maximum atomic E-state index is 13.2. The summed E-state index contributed by atoms with van der Waals surface area (Å²) in [6.45, 7) is 2.47. The molecule has 0 aromatic heterocycles. The summed E-state index contributed by atoms with van der Waals surface area (Å²) in [5, 5.41) is 9.03. The molecule has 1 aliphatic heterocycles. The second-order valence-corrected chi connectivity index (χ2v) is 8.58. The van der Waals surface area contributed by atoms with Crippen molar-refractivity contribution in [2.75, 3.05) is 19.0 Å². The monoisotopic (exact) mass is 426 g/mol. The SMILES string of the molecule is CCCC[C@@H]1S/C(=N/N=C\c2ccc(N(C)C)cc2)N(Cc2ccc(F)cc2)C1=O. The molecule has 2 aromatic rings. The average molecular weight is 427 g/mol. The number of rotatable bonds is 8. The number of hydrogen-bond acceptors (Lipinski definition) is 5. The fourth-order valence-electron chi connectivity index (χ4n) is 3.08. The third-order valence-corrected chi connectivity index (χ3v) is 6.09. The minimum atomic E-state index is -0.291. The first-order valence-corrected chi connectivity index (χ1v) is 11.0. The average Bonchev–Trinajstić information content (AvgIpc) is 3.03. The summed E-state index contributed by atoms with van der Waals surface area (Å²) in [4.78, 5) is 16.6. The summed E-state index contributed by atoms with van der Waals surface area (Å²) in [6, 6.07) is 14.2. The second kappa shape index (κ2) is 10.4. The van der Waals surface area contributed by atoms with Gasteiger partial charge in [0.05, 0.1) is 18.0 Å². The van der Waals surface area contributed by atoms with Gasteiger partial charge in [0.15, 0.2) is 5.17 Å². The van der Waals surface area contributed by atoms with Gasteiger partial charge in [0.2, 0.25) is 5.91 Å². The van der Waals surface area contributed by atoms with Crippen molar-refractivity contribution in [1.82, 2.24) is 4.90 Å². The number of anilines is 1. The number of halogens is 1. The molecular formula is C23H27FN4OS. The van der Waals surface area contributed by atoms with E-state index in [0.29, 0.717) is 11.7 Å². The maximum absolute atomic E-state index is 13.2. The van der Waals surface area contributed by atoms with Crippen molar-refractivity contribution in [3.05, 3.63) is 65.5 Å². The molecule has 1 heterocycles. The van der Waals surface area contributed by atoms with E-state index in [-0.39, 0.29) is 17.0 Å². The van der Waals surface area contributed by atoms with Crippen LogP contribution < -0.4 is 4.90 Å². The Morgan fingerprint density at radius 3 is 2.47 bits per heavy atom. The fraction of sp³-hybridized carbons (Fsp3) is 0.348. The Bertz CT molecular complexity index is 910. The van der Waals surface area contributed by atoms with Crippen molar-refractivity contribution < 1.29 is 9.18 Å². The molecule has 158 valence electrons. The van der Waals surface area contributed by atoms with E-state index >= 15 is 0 Å². The number of hydrogen-bond donors (Lipinski definition) is 0. The molecule has 1 atom stereocenters. The molecule has 0 unspecified atom stereocenters. The predicted molar refractivity (Wildman–Crippen MR) is 124 cm³/mol. The zero-order chi connectivity index (χ0) is 21.5. The number of amidine groups is 1. The largest absolute Gasteiger partial charge is 0.378 e. The van der Waals surface area contributed by atoms with E-state index in [1.807, 2.05) is 43.3 Å². The molecule has 1 amide bonds. The highest BCUT2D eigenvalue weighted by Gasteiger charge is 2.37. The Hall–Kier alpha value is -2.67.